The topological polar surface area (TPSA) is 67.3 Å². The van der Waals surface area contributed by atoms with Crippen LogP contribution in [-0.2, 0) is 0 Å². The van der Waals surface area contributed by atoms with Gasteiger partial charge in [-0.2, -0.15) is 0 Å². The summed E-state index contributed by atoms with van der Waals surface area (Å²) in [6.45, 7) is 2.80. The number of anilines is 3. The molecule has 2 rings (SSSR count). The fourth-order valence-electron chi connectivity index (χ4n) is 1.64. The summed E-state index contributed by atoms with van der Waals surface area (Å²) in [5.74, 6) is 0. The quantitative estimate of drug-likeness (QED) is 0.538. The van der Waals surface area contributed by atoms with Gasteiger partial charge in [0.1, 0.15) is 0 Å². The molecule has 0 radical (unpaired) electrons. The first kappa shape index (κ1) is 8.19. The number of nitrogens with two attached hydrogens (primary N) is 2. The van der Waals surface area contributed by atoms with Crippen molar-refractivity contribution in [2.75, 3.05) is 36.1 Å². The molecule has 0 unspecified atom stereocenters. The van der Waals surface area contributed by atoms with E-state index in [2.05, 4.69) is 10.2 Å². The number of nitrogens with one attached hydrogen (secondary N) is 1. The number of rotatable bonds is 1. The highest BCUT2D eigenvalue weighted by molar-refractivity contribution is 5.80. The highest BCUT2D eigenvalue weighted by Gasteiger charge is 2.15. The zero-order valence-electron chi connectivity index (χ0n) is 7.46. The Kier molecular flexibility index (Phi) is 1.98. The lowest BCUT2D eigenvalue weighted by atomic mass is 10.2. The number of benzene rings is 1. The highest BCUT2D eigenvalue weighted by Crippen LogP contribution is 2.29. The molecule has 0 amide bonds. The van der Waals surface area contributed by atoms with E-state index < -0.39 is 0 Å². The smallest absolute Gasteiger partial charge is 0.0844 e. The first-order chi connectivity index (χ1) is 6.29. The minimum atomic E-state index is 0.753. The molecule has 4 heteroatoms. The predicted molar refractivity (Wildman–Crippen MR) is 55.5 cm³/mol. The standard InChI is InChI=1S/C9H14N4/c10-7-2-1-3-8(11)9(7)13-5-4-12-6-13/h1-3,12H,4-6,10-11H2. The Morgan fingerprint density at radius 3 is 2.46 bits per heavy atom. The third kappa shape index (κ3) is 1.40. The van der Waals surface area contributed by atoms with E-state index in [9.17, 15) is 0 Å². The van der Waals surface area contributed by atoms with E-state index in [1.807, 2.05) is 18.2 Å². The van der Waals surface area contributed by atoms with Gasteiger partial charge in [-0.3, -0.25) is 5.32 Å². The Labute approximate surface area is 77.5 Å². The van der Waals surface area contributed by atoms with E-state index in [1.54, 1.807) is 0 Å². The SMILES string of the molecule is Nc1cccc(N)c1N1CCNC1. The molecule has 1 fully saturated rings. The number of hydrogen-bond acceptors (Lipinski definition) is 4. The largest absolute Gasteiger partial charge is 0.397 e. The van der Waals surface area contributed by atoms with Crippen molar-refractivity contribution in [1.29, 1.82) is 0 Å². The van der Waals surface area contributed by atoms with Gasteiger partial charge in [-0.1, -0.05) is 6.07 Å². The van der Waals surface area contributed by atoms with E-state index in [1.165, 1.54) is 0 Å². The van der Waals surface area contributed by atoms with Crippen LogP contribution in [0.15, 0.2) is 18.2 Å². The van der Waals surface area contributed by atoms with E-state index in [0.29, 0.717) is 0 Å². The second kappa shape index (κ2) is 3.14. The van der Waals surface area contributed by atoms with Crippen LogP contribution in [0.5, 0.6) is 0 Å². The fourth-order valence-corrected chi connectivity index (χ4v) is 1.64. The molecule has 0 spiro atoms. The molecule has 0 bridgehead atoms. The zero-order valence-corrected chi connectivity index (χ0v) is 7.46. The number of nitrogens with zero attached hydrogens (tertiary/aromatic N) is 1. The predicted octanol–water partition coefficient (Wildman–Crippen LogP) is 0.218. The minimum Gasteiger partial charge on any atom is -0.397 e. The Morgan fingerprint density at radius 2 is 1.92 bits per heavy atom. The summed E-state index contributed by atoms with van der Waals surface area (Å²) in [7, 11) is 0. The van der Waals surface area contributed by atoms with Crippen LogP contribution in [0.4, 0.5) is 17.1 Å². The van der Waals surface area contributed by atoms with E-state index in [0.717, 1.165) is 36.8 Å². The van der Waals surface area contributed by atoms with Gasteiger partial charge in [0.15, 0.2) is 0 Å². The van der Waals surface area contributed by atoms with Crippen LogP contribution < -0.4 is 21.7 Å². The van der Waals surface area contributed by atoms with Gasteiger partial charge in [0, 0.05) is 13.1 Å². The van der Waals surface area contributed by atoms with Gasteiger partial charge in [0.05, 0.1) is 23.7 Å². The van der Waals surface area contributed by atoms with Gasteiger partial charge in [-0.05, 0) is 12.1 Å². The van der Waals surface area contributed by atoms with Crippen LogP contribution in [0.3, 0.4) is 0 Å². The Hall–Kier alpha value is -1.42. The Morgan fingerprint density at radius 1 is 1.23 bits per heavy atom. The molecule has 0 aromatic heterocycles. The molecule has 1 aromatic carbocycles. The molecule has 13 heavy (non-hydrogen) atoms. The van der Waals surface area contributed by atoms with Gasteiger partial charge >= 0.3 is 0 Å². The molecule has 1 aliphatic heterocycles. The van der Waals surface area contributed by atoms with Gasteiger partial charge in [-0.15, -0.1) is 0 Å². The maximum atomic E-state index is 5.85. The normalized spacial score (nSPS) is 16.5. The average Bonchev–Trinajstić information content (AvgIpc) is 2.57. The summed E-state index contributed by atoms with van der Waals surface area (Å²) in [4.78, 5) is 2.16. The molecule has 5 N–H and O–H groups in total. The molecule has 4 nitrogen and oxygen atoms in total. The van der Waals surface area contributed by atoms with Gasteiger partial charge < -0.3 is 16.4 Å². The van der Waals surface area contributed by atoms with Crippen LogP contribution in [0.1, 0.15) is 0 Å². The Bertz CT molecular complexity index is 284. The molecular weight excluding hydrogens is 164 g/mol. The lowest BCUT2D eigenvalue weighted by Crippen LogP contribution is -2.23. The molecule has 0 saturated carbocycles. The van der Waals surface area contributed by atoms with Gasteiger partial charge in [-0.25, -0.2) is 0 Å². The highest BCUT2D eigenvalue weighted by atomic mass is 15.3. The second-order valence-corrected chi connectivity index (χ2v) is 3.21. The molecule has 0 atom stereocenters. The van der Waals surface area contributed by atoms with Crippen molar-refractivity contribution in [2.45, 2.75) is 0 Å². The monoisotopic (exact) mass is 178 g/mol. The first-order valence-corrected chi connectivity index (χ1v) is 4.38. The zero-order chi connectivity index (χ0) is 9.26. The molecule has 70 valence electrons. The van der Waals surface area contributed by atoms with Crippen molar-refractivity contribution in [3.05, 3.63) is 18.2 Å². The summed E-state index contributed by atoms with van der Waals surface area (Å²) >= 11 is 0. The summed E-state index contributed by atoms with van der Waals surface area (Å²) in [6, 6.07) is 5.63. The lowest BCUT2D eigenvalue weighted by Gasteiger charge is -2.20. The lowest BCUT2D eigenvalue weighted by molar-refractivity contribution is 0.856. The number of para-hydroxylation sites is 1. The molecular formula is C9H14N4. The summed E-state index contributed by atoms with van der Waals surface area (Å²) < 4.78 is 0. The third-order valence-corrected chi connectivity index (χ3v) is 2.28. The van der Waals surface area contributed by atoms with Crippen LogP contribution in [0, 0.1) is 0 Å². The third-order valence-electron chi connectivity index (χ3n) is 2.28. The molecule has 1 aromatic rings. The van der Waals surface area contributed by atoms with Gasteiger partial charge in [0.25, 0.3) is 0 Å². The maximum absolute atomic E-state index is 5.85. The summed E-state index contributed by atoms with van der Waals surface area (Å²) in [6.07, 6.45) is 0. The van der Waals surface area contributed by atoms with Crippen LogP contribution in [0.2, 0.25) is 0 Å². The van der Waals surface area contributed by atoms with Crippen molar-refractivity contribution in [3.8, 4) is 0 Å². The van der Waals surface area contributed by atoms with E-state index in [-0.39, 0.29) is 0 Å². The Balaban J connectivity index is 2.37. The van der Waals surface area contributed by atoms with Gasteiger partial charge in [0.2, 0.25) is 0 Å². The second-order valence-electron chi connectivity index (χ2n) is 3.21. The van der Waals surface area contributed by atoms with E-state index >= 15 is 0 Å². The molecule has 1 heterocycles. The van der Waals surface area contributed by atoms with Crippen molar-refractivity contribution in [2.24, 2.45) is 0 Å². The first-order valence-electron chi connectivity index (χ1n) is 4.38. The molecule has 1 aliphatic rings. The molecule has 0 aliphatic carbocycles. The van der Waals surface area contributed by atoms with Crippen molar-refractivity contribution in [1.82, 2.24) is 5.32 Å². The fraction of sp³-hybridized carbons (Fsp3) is 0.333. The molecule has 1 saturated heterocycles. The van der Waals surface area contributed by atoms with Crippen molar-refractivity contribution >= 4 is 17.1 Å². The summed E-state index contributed by atoms with van der Waals surface area (Å²) in [5.41, 5.74) is 14.2. The summed E-state index contributed by atoms with van der Waals surface area (Å²) in [5, 5.41) is 3.24. The maximum Gasteiger partial charge on any atom is 0.0844 e. The minimum absolute atomic E-state index is 0.753. The number of nitrogen functional groups attached to an aromatic ring is 2. The van der Waals surface area contributed by atoms with Crippen LogP contribution in [-0.4, -0.2) is 19.8 Å². The van der Waals surface area contributed by atoms with E-state index in [4.69, 9.17) is 11.5 Å². The number of hydrogen-bond donors (Lipinski definition) is 3. The van der Waals surface area contributed by atoms with Crippen LogP contribution >= 0.6 is 0 Å². The van der Waals surface area contributed by atoms with Crippen LogP contribution in [0.25, 0.3) is 0 Å². The van der Waals surface area contributed by atoms with Crippen molar-refractivity contribution in [3.63, 3.8) is 0 Å². The average molecular weight is 178 g/mol. The van der Waals surface area contributed by atoms with Crippen molar-refractivity contribution < 1.29 is 0 Å².